The van der Waals surface area contributed by atoms with Gasteiger partial charge in [-0.1, -0.05) is 12.7 Å². The van der Waals surface area contributed by atoms with Crippen molar-refractivity contribution >= 4 is 17.4 Å². The molecule has 0 spiro atoms. The monoisotopic (exact) mass is 124 g/mol. The molecule has 0 bridgehead atoms. The third kappa shape index (κ3) is 0.819. The van der Waals surface area contributed by atoms with Crippen molar-refractivity contribution in [3.8, 4) is 0 Å². The van der Waals surface area contributed by atoms with Crippen LogP contribution in [0.3, 0.4) is 0 Å². The molecule has 1 heteroatoms. The molecule has 8 heavy (non-hydrogen) atoms. The van der Waals surface area contributed by atoms with Gasteiger partial charge >= 0.3 is 0 Å². The summed E-state index contributed by atoms with van der Waals surface area (Å²) in [4.78, 5) is 1.35. The lowest BCUT2D eigenvalue weighted by atomic mass is 10.3. The van der Waals surface area contributed by atoms with Gasteiger partial charge in [-0.05, 0) is 23.9 Å². The van der Waals surface area contributed by atoms with Crippen molar-refractivity contribution < 1.29 is 0 Å². The third-order valence-electron chi connectivity index (χ3n) is 1.12. The SMILES string of the molecule is C=Cc1ccsc1C. The molecule has 0 radical (unpaired) electrons. The molecule has 1 heterocycles. The number of hydrogen-bond acceptors (Lipinski definition) is 1. The Morgan fingerprint density at radius 1 is 1.75 bits per heavy atom. The quantitative estimate of drug-likeness (QED) is 0.540. The fourth-order valence-corrected chi connectivity index (χ4v) is 1.31. The van der Waals surface area contributed by atoms with Crippen LogP contribution in [0.5, 0.6) is 0 Å². The minimum atomic E-state index is 1.26. The molecule has 0 unspecified atom stereocenters. The molecular weight excluding hydrogens is 116 g/mol. The van der Waals surface area contributed by atoms with Crippen LogP contribution >= 0.6 is 11.3 Å². The Labute approximate surface area is 53.5 Å². The highest BCUT2D eigenvalue weighted by atomic mass is 32.1. The molecular formula is C7H8S. The maximum atomic E-state index is 3.67. The zero-order chi connectivity index (χ0) is 5.98. The van der Waals surface area contributed by atoms with E-state index in [2.05, 4.69) is 24.9 Å². The molecule has 0 aliphatic carbocycles. The lowest BCUT2D eigenvalue weighted by Gasteiger charge is -1.82. The maximum absolute atomic E-state index is 3.67. The number of rotatable bonds is 1. The van der Waals surface area contributed by atoms with Gasteiger partial charge in [0, 0.05) is 4.88 Å². The summed E-state index contributed by atoms with van der Waals surface area (Å²) in [5.41, 5.74) is 1.26. The first-order chi connectivity index (χ1) is 3.84. The highest BCUT2D eigenvalue weighted by Crippen LogP contribution is 2.14. The van der Waals surface area contributed by atoms with Gasteiger partial charge < -0.3 is 0 Å². The summed E-state index contributed by atoms with van der Waals surface area (Å²) < 4.78 is 0. The van der Waals surface area contributed by atoms with E-state index in [-0.39, 0.29) is 0 Å². The van der Waals surface area contributed by atoms with E-state index in [0.717, 1.165) is 0 Å². The average Bonchev–Trinajstić information content (AvgIpc) is 2.14. The summed E-state index contributed by atoms with van der Waals surface area (Å²) in [6.07, 6.45) is 1.88. The van der Waals surface area contributed by atoms with Crippen molar-refractivity contribution in [1.29, 1.82) is 0 Å². The summed E-state index contributed by atoms with van der Waals surface area (Å²) in [5.74, 6) is 0. The zero-order valence-corrected chi connectivity index (χ0v) is 5.66. The maximum Gasteiger partial charge on any atom is 0.00863 e. The van der Waals surface area contributed by atoms with E-state index in [1.165, 1.54) is 10.4 Å². The molecule has 0 amide bonds. The first-order valence-corrected chi connectivity index (χ1v) is 3.39. The number of hydrogen-bond donors (Lipinski definition) is 0. The van der Waals surface area contributed by atoms with E-state index in [4.69, 9.17) is 0 Å². The molecule has 0 aliphatic rings. The molecule has 0 saturated heterocycles. The van der Waals surface area contributed by atoms with Crippen molar-refractivity contribution in [1.82, 2.24) is 0 Å². The standard InChI is InChI=1S/C7H8S/c1-3-7-4-5-8-6(7)2/h3-5H,1H2,2H3. The smallest absolute Gasteiger partial charge is 0.00863 e. The lowest BCUT2D eigenvalue weighted by Crippen LogP contribution is -1.62. The molecule has 1 rings (SSSR count). The van der Waals surface area contributed by atoms with Crippen LogP contribution in [-0.2, 0) is 0 Å². The van der Waals surface area contributed by atoms with Crippen LogP contribution in [0.4, 0.5) is 0 Å². The first kappa shape index (κ1) is 5.57. The van der Waals surface area contributed by atoms with Crippen molar-refractivity contribution in [3.05, 3.63) is 28.5 Å². The largest absolute Gasteiger partial charge is 0.149 e. The van der Waals surface area contributed by atoms with Crippen molar-refractivity contribution in [2.24, 2.45) is 0 Å². The van der Waals surface area contributed by atoms with Gasteiger partial charge in [0.1, 0.15) is 0 Å². The van der Waals surface area contributed by atoms with E-state index in [9.17, 15) is 0 Å². The van der Waals surface area contributed by atoms with E-state index in [1.54, 1.807) is 11.3 Å². The molecule has 1 aromatic rings. The Kier molecular flexibility index (Phi) is 1.49. The van der Waals surface area contributed by atoms with Gasteiger partial charge in [0.15, 0.2) is 0 Å². The van der Waals surface area contributed by atoms with Gasteiger partial charge in [-0.3, -0.25) is 0 Å². The number of aryl methyl sites for hydroxylation is 1. The van der Waals surface area contributed by atoms with Crippen LogP contribution in [-0.4, -0.2) is 0 Å². The second kappa shape index (κ2) is 2.14. The summed E-state index contributed by atoms with van der Waals surface area (Å²) in [7, 11) is 0. The molecule has 0 aliphatic heterocycles. The van der Waals surface area contributed by atoms with Gasteiger partial charge in [0.2, 0.25) is 0 Å². The summed E-state index contributed by atoms with van der Waals surface area (Å²) in [6.45, 7) is 5.77. The zero-order valence-electron chi connectivity index (χ0n) is 4.85. The van der Waals surface area contributed by atoms with E-state index >= 15 is 0 Å². The van der Waals surface area contributed by atoms with E-state index in [1.807, 2.05) is 6.08 Å². The summed E-state index contributed by atoms with van der Waals surface area (Å²) in [5, 5.41) is 2.08. The molecule has 0 atom stereocenters. The van der Waals surface area contributed by atoms with Crippen LogP contribution in [0, 0.1) is 6.92 Å². The van der Waals surface area contributed by atoms with Crippen LogP contribution in [0.15, 0.2) is 18.0 Å². The minimum Gasteiger partial charge on any atom is -0.149 e. The van der Waals surface area contributed by atoms with E-state index in [0.29, 0.717) is 0 Å². The van der Waals surface area contributed by atoms with Crippen LogP contribution < -0.4 is 0 Å². The van der Waals surface area contributed by atoms with Crippen LogP contribution in [0.2, 0.25) is 0 Å². The number of thiophene rings is 1. The Bertz CT molecular complexity index is 186. The Hall–Kier alpha value is -0.560. The predicted octanol–water partition coefficient (Wildman–Crippen LogP) is 2.70. The van der Waals surface area contributed by atoms with Gasteiger partial charge in [0.25, 0.3) is 0 Å². The molecule has 0 saturated carbocycles. The normalized spacial score (nSPS) is 9.12. The lowest BCUT2D eigenvalue weighted by molar-refractivity contribution is 1.60. The Morgan fingerprint density at radius 2 is 2.50 bits per heavy atom. The van der Waals surface area contributed by atoms with Crippen molar-refractivity contribution in [2.75, 3.05) is 0 Å². The second-order valence-corrected chi connectivity index (χ2v) is 2.76. The van der Waals surface area contributed by atoms with Gasteiger partial charge in [0.05, 0.1) is 0 Å². The second-order valence-electron chi connectivity index (χ2n) is 1.64. The highest BCUT2D eigenvalue weighted by Gasteiger charge is 1.89. The van der Waals surface area contributed by atoms with Crippen LogP contribution in [0.1, 0.15) is 10.4 Å². The first-order valence-electron chi connectivity index (χ1n) is 2.51. The van der Waals surface area contributed by atoms with Gasteiger partial charge in [-0.2, -0.15) is 0 Å². The Morgan fingerprint density at radius 3 is 2.75 bits per heavy atom. The molecule has 0 nitrogen and oxygen atoms in total. The topological polar surface area (TPSA) is 0 Å². The van der Waals surface area contributed by atoms with Crippen molar-refractivity contribution in [3.63, 3.8) is 0 Å². The summed E-state index contributed by atoms with van der Waals surface area (Å²) >= 11 is 1.76. The highest BCUT2D eigenvalue weighted by molar-refractivity contribution is 7.10. The summed E-state index contributed by atoms with van der Waals surface area (Å²) in [6, 6.07) is 2.08. The minimum absolute atomic E-state index is 1.26. The average molecular weight is 124 g/mol. The predicted molar refractivity (Wildman–Crippen MR) is 39.1 cm³/mol. The van der Waals surface area contributed by atoms with Crippen LogP contribution in [0.25, 0.3) is 6.08 Å². The molecule has 42 valence electrons. The fraction of sp³-hybridized carbons (Fsp3) is 0.143. The third-order valence-corrected chi connectivity index (χ3v) is 1.98. The fourth-order valence-electron chi connectivity index (χ4n) is 0.607. The molecule has 0 N–H and O–H groups in total. The van der Waals surface area contributed by atoms with Crippen molar-refractivity contribution in [2.45, 2.75) is 6.92 Å². The molecule has 0 fully saturated rings. The van der Waals surface area contributed by atoms with Gasteiger partial charge in [-0.15, -0.1) is 11.3 Å². The van der Waals surface area contributed by atoms with Gasteiger partial charge in [-0.25, -0.2) is 0 Å². The van der Waals surface area contributed by atoms with E-state index < -0.39 is 0 Å². The Balaban J connectivity index is 3.09. The molecule has 0 aromatic carbocycles. The molecule has 1 aromatic heterocycles.